The van der Waals surface area contributed by atoms with Crippen molar-refractivity contribution in [3.05, 3.63) is 0 Å². The quantitative estimate of drug-likeness (QED) is 0.688. The van der Waals surface area contributed by atoms with Gasteiger partial charge in [-0.15, -0.1) is 0 Å². The summed E-state index contributed by atoms with van der Waals surface area (Å²) >= 11 is 4.84. The summed E-state index contributed by atoms with van der Waals surface area (Å²) in [6.07, 6.45) is 1.22. The molecule has 0 aliphatic heterocycles. The summed E-state index contributed by atoms with van der Waals surface area (Å²) in [6, 6.07) is 0. The van der Waals surface area contributed by atoms with Gasteiger partial charge in [-0.2, -0.15) is 0 Å². The number of amides is 1. The Balaban J connectivity index is 2.37. The molecule has 0 saturated heterocycles. The Hall–Kier alpha value is -0.640. The third-order valence-electron chi connectivity index (χ3n) is 2.98. The zero-order valence-electron chi connectivity index (χ0n) is 8.96. The highest BCUT2D eigenvalue weighted by Gasteiger charge is 2.35. The lowest BCUT2D eigenvalue weighted by molar-refractivity contribution is -0.126. The van der Waals surface area contributed by atoms with E-state index in [9.17, 15) is 4.79 Å². The number of thiocarbonyl (C=S) groups is 1. The zero-order chi connectivity index (χ0) is 10.9. The molecule has 0 aromatic rings. The minimum atomic E-state index is -0.729. The highest BCUT2D eigenvalue weighted by molar-refractivity contribution is 7.80. The van der Waals surface area contributed by atoms with Crippen molar-refractivity contribution in [2.45, 2.75) is 27.2 Å². The van der Waals surface area contributed by atoms with Crippen LogP contribution in [0.15, 0.2) is 0 Å². The van der Waals surface area contributed by atoms with Gasteiger partial charge in [0.2, 0.25) is 5.91 Å². The molecule has 0 bridgehead atoms. The van der Waals surface area contributed by atoms with Crippen LogP contribution >= 0.6 is 12.2 Å². The molecule has 1 fully saturated rings. The van der Waals surface area contributed by atoms with Gasteiger partial charge in [0.25, 0.3) is 0 Å². The predicted octanol–water partition coefficient (Wildman–Crippen LogP) is 1.07. The largest absolute Gasteiger partial charge is 0.392 e. The molecule has 0 heterocycles. The predicted molar refractivity (Wildman–Crippen MR) is 60.8 cm³/mol. The Bertz CT molecular complexity index is 263. The van der Waals surface area contributed by atoms with E-state index in [0.29, 0.717) is 5.92 Å². The van der Waals surface area contributed by atoms with Crippen molar-refractivity contribution in [1.82, 2.24) is 5.32 Å². The first-order valence-corrected chi connectivity index (χ1v) is 5.34. The first-order chi connectivity index (χ1) is 6.35. The van der Waals surface area contributed by atoms with E-state index in [1.54, 1.807) is 13.8 Å². The highest BCUT2D eigenvalue weighted by Crippen LogP contribution is 2.36. The third kappa shape index (κ3) is 2.44. The number of hydrogen-bond donors (Lipinski definition) is 2. The average molecular weight is 214 g/mol. The van der Waals surface area contributed by atoms with Gasteiger partial charge in [-0.1, -0.05) is 19.1 Å². The summed E-state index contributed by atoms with van der Waals surface area (Å²) < 4.78 is 0. The molecule has 80 valence electrons. The lowest BCUT2D eigenvalue weighted by Crippen LogP contribution is -2.45. The van der Waals surface area contributed by atoms with Crippen LogP contribution in [0.25, 0.3) is 0 Å². The molecule has 1 aliphatic rings. The molecule has 3 N–H and O–H groups in total. The maximum Gasteiger partial charge on any atom is 0.232 e. The second-order valence-corrected chi connectivity index (χ2v) is 5.11. The van der Waals surface area contributed by atoms with Crippen LogP contribution in [0.1, 0.15) is 27.2 Å². The van der Waals surface area contributed by atoms with Gasteiger partial charge in [-0.3, -0.25) is 4.79 Å². The van der Waals surface area contributed by atoms with Crippen molar-refractivity contribution < 1.29 is 4.79 Å². The zero-order valence-corrected chi connectivity index (χ0v) is 9.78. The molecule has 1 rings (SSSR count). The Morgan fingerprint density at radius 3 is 2.50 bits per heavy atom. The number of carbonyl (C=O) groups excluding carboxylic acids is 1. The molecule has 2 atom stereocenters. The Kier molecular flexibility index (Phi) is 3.14. The fourth-order valence-corrected chi connectivity index (χ4v) is 1.33. The van der Waals surface area contributed by atoms with Gasteiger partial charge in [-0.25, -0.2) is 0 Å². The summed E-state index contributed by atoms with van der Waals surface area (Å²) in [6.45, 7) is 6.45. The molecule has 1 saturated carbocycles. The molecule has 1 amide bonds. The van der Waals surface area contributed by atoms with Crippen molar-refractivity contribution >= 4 is 23.1 Å². The van der Waals surface area contributed by atoms with E-state index in [-0.39, 0.29) is 10.9 Å². The second kappa shape index (κ2) is 3.85. The molecular weight excluding hydrogens is 196 g/mol. The normalized spacial score (nSPS) is 25.6. The van der Waals surface area contributed by atoms with Crippen LogP contribution in [-0.4, -0.2) is 17.4 Å². The first kappa shape index (κ1) is 11.4. The Morgan fingerprint density at radius 1 is 1.64 bits per heavy atom. The van der Waals surface area contributed by atoms with Crippen LogP contribution in [0.2, 0.25) is 0 Å². The smallest absolute Gasteiger partial charge is 0.232 e. The summed E-state index contributed by atoms with van der Waals surface area (Å²) in [5.74, 6) is 1.34. The van der Waals surface area contributed by atoms with Crippen LogP contribution in [0.3, 0.4) is 0 Å². The number of nitrogens with two attached hydrogens (primary N) is 1. The summed E-state index contributed by atoms with van der Waals surface area (Å²) in [4.78, 5) is 11.9. The van der Waals surface area contributed by atoms with Crippen LogP contribution in [0.4, 0.5) is 0 Å². The molecule has 14 heavy (non-hydrogen) atoms. The maximum absolute atomic E-state index is 11.7. The molecule has 0 aromatic carbocycles. The van der Waals surface area contributed by atoms with Gasteiger partial charge in [0.05, 0.1) is 10.4 Å². The van der Waals surface area contributed by atoms with Crippen molar-refractivity contribution in [2.75, 3.05) is 6.54 Å². The lowest BCUT2D eigenvalue weighted by Gasteiger charge is -2.21. The Labute approximate surface area is 90.4 Å². The molecule has 4 heteroatoms. The minimum absolute atomic E-state index is 0.0656. The molecule has 0 radical (unpaired) electrons. The Morgan fingerprint density at radius 2 is 2.14 bits per heavy atom. The third-order valence-corrected chi connectivity index (χ3v) is 3.49. The van der Waals surface area contributed by atoms with Gasteiger partial charge in [0.1, 0.15) is 0 Å². The number of hydrogen-bond acceptors (Lipinski definition) is 2. The van der Waals surface area contributed by atoms with Crippen LogP contribution in [0, 0.1) is 17.3 Å². The van der Waals surface area contributed by atoms with Gasteiger partial charge in [0.15, 0.2) is 0 Å². The van der Waals surface area contributed by atoms with Crippen molar-refractivity contribution in [3.8, 4) is 0 Å². The lowest BCUT2D eigenvalue weighted by atomic mass is 9.92. The molecule has 2 unspecified atom stereocenters. The number of carbonyl (C=O) groups is 1. The first-order valence-electron chi connectivity index (χ1n) is 4.94. The molecule has 0 spiro atoms. The van der Waals surface area contributed by atoms with E-state index in [4.69, 9.17) is 18.0 Å². The van der Waals surface area contributed by atoms with Gasteiger partial charge in [0, 0.05) is 6.54 Å². The summed E-state index contributed by atoms with van der Waals surface area (Å²) in [5.41, 5.74) is 4.76. The van der Waals surface area contributed by atoms with Crippen molar-refractivity contribution in [2.24, 2.45) is 23.0 Å². The summed E-state index contributed by atoms with van der Waals surface area (Å²) in [7, 11) is 0. The average Bonchev–Trinajstić information content (AvgIpc) is 2.77. The fourth-order valence-electron chi connectivity index (χ4n) is 1.24. The van der Waals surface area contributed by atoms with Crippen LogP contribution in [0.5, 0.6) is 0 Å². The standard InChI is InChI=1S/C10H18N2OS/c1-6-4-7(6)5-12-9(13)10(2,3)8(11)14/h6-7H,4-5H2,1-3H3,(H2,11,14)(H,12,13). The van der Waals surface area contributed by atoms with E-state index in [0.717, 1.165) is 12.5 Å². The van der Waals surface area contributed by atoms with Crippen molar-refractivity contribution in [3.63, 3.8) is 0 Å². The fraction of sp³-hybridized carbons (Fsp3) is 0.800. The summed E-state index contributed by atoms with van der Waals surface area (Å²) in [5, 5.41) is 2.89. The van der Waals surface area contributed by atoms with E-state index < -0.39 is 5.41 Å². The van der Waals surface area contributed by atoms with Gasteiger partial charge >= 0.3 is 0 Å². The van der Waals surface area contributed by atoms with E-state index in [1.807, 2.05) is 0 Å². The topological polar surface area (TPSA) is 55.1 Å². The van der Waals surface area contributed by atoms with E-state index >= 15 is 0 Å². The maximum atomic E-state index is 11.7. The van der Waals surface area contributed by atoms with Gasteiger partial charge < -0.3 is 11.1 Å². The van der Waals surface area contributed by atoms with Crippen molar-refractivity contribution in [1.29, 1.82) is 0 Å². The highest BCUT2D eigenvalue weighted by atomic mass is 32.1. The van der Waals surface area contributed by atoms with Crippen LogP contribution in [-0.2, 0) is 4.79 Å². The monoisotopic (exact) mass is 214 g/mol. The molecular formula is C10H18N2OS. The number of rotatable bonds is 4. The molecule has 0 aromatic heterocycles. The van der Waals surface area contributed by atoms with Gasteiger partial charge in [-0.05, 0) is 32.1 Å². The van der Waals surface area contributed by atoms with E-state index in [1.165, 1.54) is 6.42 Å². The minimum Gasteiger partial charge on any atom is -0.392 e. The molecule has 1 aliphatic carbocycles. The number of nitrogens with one attached hydrogen (secondary N) is 1. The molecule has 3 nitrogen and oxygen atoms in total. The van der Waals surface area contributed by atoms with Crippen LogP contribution < -0.4 is 11.1 Å². The second-order valence-electron chi connectivity index (χ2n) is 4.67. The van der Waals surface area contributed by atoms with E-state index in [2.05, 4.69) is 12.2 Å². The SMILES string of the molecule is CC1CC1CNC(=O)C(C)(C)C(N)=S.